The second-order valence-electron chi connectivity index (χ2n) is 4.99. The number of nitrogens with one attached hydrogen (secondary N) is 1. The number of hydrogen-bond donors (Lipinski definition) is 2. The Hall–Kier alpha value is -0.460. The van der Waals surface area contributed by atoms with Gasteiger partial charge in [-0.2, -0.15) is 0 Å². The minimum absolute atomic E-state index is 0.381. The lowest BCUT2D eigenvalue weighted by molar-refractivity contribution is 0.0258. The van der Waals surface area contributed by atoms with Crippen molar-refractivity contribution in [3.63, 3.8) is 0 Å². The maximum absolute atomic E-state index is 9.79. The van der Waals surface area contributed by atoms with E-state index in [-0.39, 0.29) is 0 Å². The van der Waals surface area contributed by atoms with E-state index in [1.807, 2.05) is 17.5 Å². The first-order valence-electron chi connectivity index (χ1n) is 6.91. The zero-order valence-electron chi connectivity index (χ0n) is 11.2. The molecule has 1 aromatic heterocycles. The predicted octanol–water partition coefficient (Wildman–Crippen LogP) is 1.64. The monoisotopic (exact) mass is 285 g/mol. The number of thiophene rings is 1. The number of aliphatic hydroxyl groups is 1. The van der Waals surface area contributed by atoms with Gasteiger partial charge in [0, 0.05) is 24.6 Å². The first-order chi connectivity index (χ1) is 9.34. The van der Waals surface area contributed by atoms with Crippen LogP contribution in [0.3, 0.4) is 0 Å². The van der Waals surface area contributed by atoms with Gasteiger partial charge in [0.2, 0.25) is 0 Å². The van der Waals surface area contributed by atoms with Gasteiger partial charge < -0.3 is 19.9 Å². The summed E-state index contributed by atoms with van der Waals surface area (Å²) in [6.07, 6.45) is 1.93. The summed E-state index contributed by atoms with van der Waals surface area (Å²) >= 11 is 1.68. The molecule has 5 heteroatoms. The largest absolute Gasteiger partial charge is 0.389 e. The molecule has 1 fully saturated rings. The van der Waals surface area contributed by atoms with Crippen LogP contribution < -0.4 is 5.32 Å². The molecule has 4 nitrogen and oxygen atoms in total. The van der Waals surface area contributed by atoms with Gasteiger partial charge in [0.25, 0.3) is 0 Å². The normalized spacial score (nSPS) is 21.4. The summed E-state index contributed by atoms with van der Waals surface area (Å²) in [4.78, 5) is 1.19. The van der Waals surface area contributed by atoms with Gasteiger partial charge in [0.05, 0.1) is 25.9 Å². The van der Waals surface area contributed by atoms with Gasteiger partial charge in [-0.15, -0.1) is 11.3 Å². The first kappa shape index (κ1) is 14.9. The van der Waals surface area contributed by atoms with Gasteiger partial charge in [0.15, 0.2) is 0 Å². The third-order valence-corrected chi connectivity index (χ3v) is 4.05. The van der Waals surface area contributed by atoms with Crippen molar-refractivity contribution in [3.8, 4) is 0 Å². The molecule has 2 unspecified atom stereocenters. The topological polar surface area (TPSA) is 50.7 Å². The second kappa shape index (κ2) is 8.66. The van der Waals surface area contributed by atoms with Gasteiger partial charge in [-0.25, -0.2) is 0 Å². The molecular weight excluding hydrogens is 262 g/mol. The maximum Gasteiger partial charge on any atom is 0.0897 e. The Kier molecular flexibility index (Phi) is 6.81. The highest BCUT2D eigenvalue weighted by Crippen LogP contribution is 2.12. The number of hydrogen-bond acceptors (Lipinski definition) is 5. The van der Waals surface area contributed by atoms with Crippen LogP contribution in [-0.2, 0) is 16.1 Å². The van der Waals surface area contributed by atoms with Gasteiger partial charge >= 0.3 is 0 Å². The molecule has 0 aromatic carbocycles. The van der Waals surface area contributed by atoms with E-state index in [1.54, 1.807) is 11.3 Å². The molecule has 2 N–H and O–H groups in total. The third kappa shape index (κ3) is 6.01. The summed E-state index contributed by atoms with van der Waals surface area (Å²) in [6, 6.07) is 4.05. The van der Waals surface area contributed by atoms with Crippen LogP contribution >= 0.6 is 11.3 Å². The van der Waals surface area contributed by atoms with Crippen LogP contribution in [-0.4, -0.2) is 44.1 Å². The zero-order valence-corrected chi connectivity index (χ0v) is 12.0. The smallest absolute Gasteiger partial charge is 0.0897 e. The van der Waals surface area contributed by atoms with Gasteiger partial charge in [0.1, 0.15) is 0 Å². The van der Waals surface area contributed by atoms with E-state index in [9.17, 15) is 5.11 Å². The van der Waals surface area contributed by atoms with Crippen LogP contribution in [0.2, 0.25) is 0 Å². The van der Waals surface area contributed by atoms with E-state index in [1.165, 1.54) is 11.3 Å². The van der Waals surface area contributed by atoms with E-state index < -0.39 is 6.10 Å². The lowest BCUT2D eigenvalue weighted by atomic mass is 10.0. The lowest BCUT2D eigenvalue weighted by Gasteiger charge is -2.23. The average molecular weight is 285 g/mol. The van der Waals surface area contributed by atoms with Gasteiger partial charge in [-0.3, -0.25) is 0 Å². The summed E-state index contributed by atoms with van der Waals surface area (Å²) in [5.74, 6) is 0.591. The van der Waals surface area contributed by atoms with Crippen molar-refractivity contribution in [3.05, 3.63) is 22.4 Å². The Balaban J connectivity index is 1.48. The minimum Gasteiger partial charge on any atom is -0.389 e. The number of aliphatic hydroxyl groups excluding tert-OH is 1. The van der Waals surface area contributed by atoms with Crippen LogP contribution in [0.1, 0.15) is 17.7 Å². The van der Waals surface area contributed by atoms with Crippen molar-refractivity contribution >= 4 is 11.3 Å². The molecule has 0 radical (unpaired) electrons. The SMILES string of the molecule is OC(CNCC1CCCOC1)COCc1cccs1. The highest BCUT2D eigenvalue weighted by molar-refractivity contribution is 7.09. The van der Waals surface area contributed by atoms with Gasteiger partial charge in [-0.1, -0.05) is 6.07 Å². The Morgan fingerprint density at radius 1 is 1.58 bits per heavy atom. The highest BCUT2D eigenvalue weighted by atomic mass is 32.1. The standard InChI is InChI=1S/C14H23NO3S/c16-13(10-18-11-14-4-2-6-19-14)8-15-7-12-3-1-5-17-9-12/h2,4,6,12-13,15-16H,1,3,5,7-11H2. The fourth-order valence-corrected chi connectivity index (χ4v) is 2.81. The summed E-state index contributed by atoms with van der Waals surface area (Å²) in [7, 11) is 0. The quantitative estimate of drug-likeness (QED) is 0.762. The van der Waals surface area contributed by atoms with Gasteiger partial charge in [-0.05, 0) is 30.2 Å². The Morgan fingerprint density at radius 2 is 2.53 bits per heavy atom. The molecule has 0 spiro atoms. The predicted molar refractivity (Wildman–Crippen MR) is 76.4 cm³/mol. The summed E-state index contributed by atoms with van der Waals surface area (Å²) < 4.78 is 10.9. The Morgan fingerprint density at radius 3 is 3.26 bits per heavy atom. The molecule has 0 bridgehead atoms. The number of rotatable bonds is 8. The molecule has 0 aliphatic carbocycles. The van der Waals surface area contributed by atoms with Crippen molar-refractivity contribution in [2.45, 2.75) is 25.6 Å². The fourth-order valence-electron chi connectivity index (χ4n) is 2.17. The molecular formula is C14H23NO3S. The number of ether oxygens (including phenoxy) is 2. The summed E-state index contributed by atoms with van der Waals surface area (Å²) in [6.45, 7) is 4.22. The third-order valence-electron chi connectivity index (χ3n) is 3.20. The van der Waals surface area contributed by atoms with Crippen LogP contribution in [0.5, 0.6) is 0 Å². The Bertz CT molecular complexity index is 325. The van der Waals surface area contributed by atoms with Crippen molar-refractivity contribution in [1.29, 1.82) is 0 Å². The molecule has 0 amide bonds. The van der Waals surface area contributed by atoms with Crippen molar-refractivity contribution < 1.29 is 14.6 Å². The molecule has 2 atom stereocenters. The van der Waals surface area contributed by atoms with Crippen LogP contribution in [0.25, 0.3) is 0 Å². The van der Waals surface area contributed by atoms with E-state index in [4.69, 9.17) is 9.47 Å². The first-order valence-corrected chi connectivity index (χ1v) is 7.79. The molecule has 19 heavy (non-hydrogen) atoms. The fraction of sp³-hybridized carbons (Fsp3) is 0.714. The molecule has 2 heterocycles. The average Bonchev–Trinajstić information content (AvgIpc) is 2.93. The van der Waals surface area contributed by atoms with E-state index in [2.05, 4.69) is 5.32 Å². The van der Waals surface area contributed by atoms with E-state index >= 15 is 0 Å². The molecule has 2 rings (SSSR count). The Labute approximate surface area is 118 Å². The van der Waals surface area contributed by atoms with Crippen molar-refractivity contribution in [2.24, 2.45) is 5.92 Å². The van der Waals surface area contributed by atoms with Crippen molar-refractivity contribution in [1.82, 2.24) is 5.32 Å². The summed E-state index contributed by atoms with van der Waals surface area (Å²) in [5.41, 5.74) is 0. The highest BCUT2D eigenvalue weighted by Gasteiger charge is 2.14. The molecule has 108 valence electrons. The van der Waals surface area contributed by atoms with Crippen LogP contribution in [0.15, 0.2) is 17.5 Å². The molecule has 1 saturated heterocycles. The van der Waals surface area contributed by atoms with E-state index in [0.29, 0.717) is 25.7 Å². The molecule has 1 aromatic rings. The second-order valence-corrected chi connectivity index (χ2v) is 6.02. The molecule has 1 aliphatic heterocycles. The molecule has 0 saturated carbocycles. The molecule has 1 aliphatic rings. The van der Waals surface area contributed by atoms with Crippen LogP contribution in [0, 0.1) is 5.92 Å². The zero-order chi connectivity index (χ0) is 13.3. The maximum atomic E-state index is 9.79. The van der Waals surface area contributed by atoms with Crippen LogP contribution in [0.4, 0.5) is 0 Å². The van der Waals surface area contributed by atoms with Crippen molar-refractivity contribution in [2.75, 3.05) is 32.9 Å². The van der Waals surface area contributed by atoms with E-state index in [0.717, 1.165) is 26.2 Å². The summed E-state index contributed by atoms with van der Waals surface area (Å²) in [5, 5.41) is 15.1. The lowest BCUT2D eigenvalue weighted by Crippen LogP contribution is -2.35. The minimum atomic E-state index is -0.440.